The van der Waals surface area contributed by atoms with E-state index in [1.165, 1.54) is 24.3 Å². The molecule has 0 saturated carbocycles. The van der Waals surface area contributed by atoms with Crippen molar-refractivity contribution in [3.63, 3.8) is 0 Å². The number of carbonyl (C=O) groups is 1. The molecule has 2 rings (SSSR count). The Labute approximate surface area is 139 Å². The van der Waals surface area contributed by atoms with E-state index >= 15 is 0 Å². The lowest BCUT2D eigenvalue weighted by Crippen LogP contribution is -2.23. The third kappa shape index (κ3) is 3.46. The van der Waals surface area contributed by atoms with Gasteiger partial charge in [0.15, 0.2) is 0 Å². The molecule has 0 radical (unpaired) electrons. The molecular formula is C14H9ClF3NO4S. The third-order valence-electron chi connectivity index (χ3n) is 2.95. The van der Waals surface area contributed by atoms with E-state index in [1.807, 2.05) is 0 Å². The molecule has 24 heavy (non-hydrogen) atoms. The van der Waals surface area contributed by atoms with Crippen molar-refractivity contribution in [1.82, 2.24) is 0 Å². The Kier molecular flexibility index (Phi) is 4.77. The minimum atomic E-state index is -5.54. The fraction of sp³-hybridized carbons (Fsp3) is 0.0714. The smallest absolute Gasteiger partial charge is 0.501 e. The van der Waals surface area contributed by atoms with Crippen LogP contribution in [0.15, 0.2) is 47.4 Å². The second-order valence-electron chi connectivity index (χ2n) is 4.56. The van der Waals surface area contributed by atoms with Crippen LogP contribution in [-0.4, -0.2) is 24.9 Å². The summed E-state index contributed by atoms with van der Waals surface area (Å²) in [5.74, 6) is -1.07. The quantitative estimate of drug-likeness (QED) is 0.853. The highest BCUT2D eigenvalue weighted by Crippen LogP contribution is 2.34. The molecular weight excluding hydrogens is 371 g/mol. The minimum Gasteiger partial charge on any atom is -0.507 e. The van der Waals surface area contributed by atoms with Crippen molar-refractivity contribution in [2.24, 2.45) is 0 Å². The molecule has 128 valence electrons. The number of anilines is 1. The van der Waals surface area contributed by atoms with Crippen LogP contribution in [0.1, 0.15) is 10.4 Å². The zero-order valence-corrected chi connectivity index (χ0v) is 13.2. The Hall–Kier alpha value is -2.26. The normalized spacial score (nSPS) is 12.0. The highest BCUT2D eigenvalue weighted by atomic mass is 35.5. The van der Waals surface area contributed by atoms with Crippen LogP contribution < -0.4 is 5.32 Å². The molecule has 0 unspecified atom stereocenters. The largest absolute Gasteiger partial charge is 0.507 e. The van der Waals surface area contributed by atoms with Crippen molar-refractivity contribution in [3.05, 3.63) is 53.1 Å². The first-order chi connectivity index (χ1) is 11.0. The lowest BCUT2D eigenvalue weighted by atomic mass is 10.2. The monoisotopic (exact) mass is 379 g/mol. The lowest BCUT2D eigenvalue weighted by molar-refractivity contribution is -0.0436. The highest BCUT2D eigenvalue weighted by Gasteiger charge is 2.47. The molecule has 0 heterocycles. The van der Waals surface area contributed by atoms with E-state index < -0.39 is 31.2 Å². The average Bonchev–Trinajstić information content (AvgIpc) is 2.48. The number of carbonyl (C=O) groups excluding carboxylic acids is 1. The summed E-state index contributed by atoms with van der Waals surface area (Å²) in [6.07, 6.45) is 0. The van der Waals surface area contributed by atoms with Gasteiger partial charge in [-0.25, -0.2) is 8.42 Å². The molecule has 0 bridgehead atoms. The molecule has 0 aliphatic heterocycles. The molecule has 0 spiro atoms. The van der Waals surface area contributed by atoms with Gasteiger partial charge in [0.05, 0.1) is 21.2 Å². The van der Waals surface area contributed by atoms with E-state index in [-0.39, 0.29) is 17.0 Å². The van der Waals surface area contributed by atoms with Crippen LogP contribution in [-0.2, 0) is 9.84 Å². The number of aromatic hydroxyl groups is 1. The fourth-order valence-electron chi connectivity index (χ4n) is 1.75. The molecule has 2 N–H and O–H groups in total. The second kappa shape index (κ2) is 6.33. The number of rotatable bonds is 3. The lowest BCUT2D eigenvalue weighted by Gasteiger charge is -2.11. The van der Waals surface area contributed by atoms with Crippen LogP contribution in [0, 0.1) is 0 Å². The molecule has 0 aliphatic rings. The van der Waals surface area contributed by atoms with Crippen LogP contribution in [0.4, 0.5) is 18.9 Å². The van der Waals surface area contributed by atoms with Crippen LogP contribution in [0.25, 0.3) is 0 Å². The SMILES string of the molecule is O=C(Nc1ccc(S(=O)(=O)C(F)(F)F)cc1Cl)c1ccccc1O. The predicted molar refractivity (Wildman–Crippen MR) is 80.8 cm³/mol. The Balaban J connectivity index is 2.32. The van der Waals surface area contributed by atoms with Crippen LogP contribution in [0.3, 0.4) is 0 Å². The maximum absolute atomic E-state index is 12.5. The molecule has 0 saturated heterocycles. The van der Waals surface area contributed by atoms with E-state index in [9.17, 15) is 31.5 Å². The van der Waals surface area contributed by atoms with Gasteiger partial charge in [0.2, 0.25) is 0 Å². The Morgan fingerprint density at radius 1 is 1.12 bits per heavy atom. The molecule has 0 fully saturated rings. The molecule has 0 atom stereocenters. The van der Waals surface area contributed by atoms with Crippen molar-refractivity contribution in [2.45, 2.75) is 10.4 Å². The Morgan fingerprint density at radius 3 is 2.29 bits per heavy atom. The van der Waals surface area contributed by atoms with Crippen molar-refractivity contribution < 1.29 is 31.5 Å². The topological polar surface area (TPSA) is 83.5 Å². The number of sulfone groups is 1. The fourth-order valence-corrected chi connectivity index (χ4v) is 2.83. The van der Waals surface area contributed by atoms with E-state index in [0.717, 1.165) is 6.07 Å². The van der Waals surface area contributed by atoms with Gasteiger partial charge in [-0.2, -0.15) is 13.2 Å². The standard InChI is InChI=1S/C14H9ClF3NO4S/c15-10-7-8(24(22,23)14(16,17)18)5-6-11(10)19-13(21)9-3-1-2-4-12(9)20/h1-7,20H,(H,19,21). The molecule has 2 aromatic rings. The molecule has 5 nitrogen and oxygen atoms in total. The van der Waals surface area contributed by atoms with E-state index in [2.05, 4.69) is 5.32 Å². The number of halogens is 4. The minimum absolute atomic E-state index is 0.0828. The first-order valence-electron chi connectivity index (χ1n) is 6.24. The zero-order valence-electron chi connectivity index (χ0n) is 11.6. The maximum Gasteiger partial charge on any atom is 0.501 e. The number of para-hydroxylation sites is 1. The third-order valence-corrected chi connectivity index (χ3v) is 4.75. The summed E-state index contributed by atoms with van der Waals surface area (Å²) in [7, 11) is -5.54. The van der Waals surface area contributed by atoms with Gasteiger partial charge >= 0.3 is 5.51 Å². The van der Waals surface area contributed by atoms with Crippen molar-refractivity contribution in [1.29, 1.82) is 0 Å². The van der Waals surface area contributed by atoms with Gasteiger partial charge in [0.25, 0.3) is 15.7 Å². The first kappa shape index (κ1) is 18.1. The summed E-state index contributed by atoms with van der Waals surface area (Å²) < 4.78 is 60.1. The van der Waals surface area contributed by atoms with Crippen LogP contribution in [0.2, 0.25) is 5.02 Å². The summed E-state index contributed by atoms with van der Waals surface area (Å²) >= 11 is 5.75. The number of hydrogen-bond donors (Lipinski definition) is 2. The molecule has 10 heteroatoms. The number of amides is 1. The highest BCUT2D eigenvalue weighted by molar-refractivity contribution is 7.92. The summed E-state index contributed by atoms with van der Waals surface area (Å²) in [5, 5.41) is 11.4. The van der Waals surface area contributed by atoms with Crippen LogP contribution in [0.5, 0.6) is 5.75 Å². The van der Waals surface area contributed by atoms with Crippen LogP contribution >= 0.6 is 11.6 Å². The zero-order chi connectivity index (χ0) is 18.1. The molecule has 0 aliphatic carbocycles. The summed E-state index contributed by atoms with van der Waals surface area (Å²) in [5.41, 5.74) is -5.65. The average molecular weight is 380 g/mol. The van der Waals surface area contributed by atoms with Gasteiger partial charge in [-0.15, -0.1) is 0 Å². The molecule has 2 aromatic carbocycles. The van der Waals surface area contributed by atoms with Gasteiger partial charge in [-0.3, -0.25) is 4.79 Å². The number of hydrogen-bond acceptors (Lipinski definition) is 4. The summed E-state index contributed by atoms with van der Waals surface area (Å²) in [6.45, 7) is 0. The van der Waals surface area contributed by atoms with E-state index in [0.29, 0.717) is 12.1 Å². The van der Waals surface area contributed by atoms with Gasteiger partial charge in [0.1, 0.15) is 5.75 Å². The Morgan fingerprint density at radius 2 is 1.75 bits per heavy atom. The first-order valence-corrected chi connectivity index (χ1v) is 8.10. The van der Waals surface area contributed by atoms with Gasteiger partial charge in [0, 0.05) is 0 Å². The summed E-state index contributed by atoms with van der Waals surface area (Å²) in [6, 6.07) is 7.78. The number of phenolic OH excluding ortho intramolecular Hbond substituents is 1. The Bertz CT molecular complexity index is 897. The van der Waals surface area contributed by atoms with Crippen molar-refractivity contribution in [2.75, 3.05) is 5.32 Å². The second-order valence-corrected chi connectivity index (χ2v) is 6.91. The molecule has 1 amide bonds. The van der Waals surface area contributed by atoms with Gasteiger partial charge in [-0.05, 0) is 30.3 Å². The number of nitrogens with one attached hydrogen (secondary N) is 1. The summed E-state index contributed by atoms with van der Waals surface area (Å²) in [4.78, 5) is 11.0. The van der Waals surface area contributed by atoms with Gasteiger partial charge < -0.3 is 10.4 Å². The van der Waals surface area contributed by atoms with E-state index in [4.69, 9.17) is 11.6 Å². The predicted octanol–water partition coefficient (Wildman–Crippen LogP) is 3.59. The number of alkyl halides is 3. The molecule has 0 aromatic heterocycles. The maximum atomic E-state index is 12.5. The number of benzene rings is 2. The van der Waals surface area contributed by atoms with Crippen molar-refractivity contribution >= 4 is 33.0 Å². The van der Waals surface area contributed by atoms with Crippen molar-refractivity contribution in [3.8, 4) is 5.75 Å². The van der Waals surface area contributed by atoms with E-state index in [1.54, 1.807) is 0 Å². The van der Waals surface area contributed by atoms with Gasteiger partial charge in [-0.1, -0.05) is 23.7 Å². The number of phenols is 1.